The number of nitrogens with zero attached hydrogens (tertiary/aromatic N) is 1. The van der Waals surface area contributed by atoms with Crippen molar-refractivity contribution in [1.82, 2.24) is 0 Å². The molecule has 0 unspecified atom stereocenters. The summed E-state index contributed by atoms with van der Waals surface area (Å²) in [6, 6.07) is 12.6. The minimum atomic E-state index is -0.480. The average Bonchev–Trinajstić information content (AvgIpc) is 2.57. The van der Waals surface area contributed by atoms with E-state index in [-0.39, 0.29) is 11.7 Å². The van der Waals surface area contributed by atoms with Gasteiger partial charge in [-0.15, -0.1) is 0 Å². The molecule has 0 aliphatic heterocycles. The molecule has 4 nitrogen and oxygen atoms in total. The third-order valence-electron chi connectivity index (χ3n) is 3.76. The fraction of sp³-hybridized carbons (Fsp3) is 0.238. The molecular formula is C21H21ClN2O2. The van der Waals surface area contributed by atoms with Crippen LogP contribution in [0.2, 0.25) is 5.02 Å². The van der Waals surface area contributed by atoms with Crippen LogP contribution in [0, 0.1) is 25.2 Å². The van der Waals surface area contributed by atoms with Crippen LogP contribution in [0.15, 0.2) is 42.0 Å². The number of carbonyl (C=O) groups is 1. The second kappa shape index (κ2) is 8.55. The minimum absolute atomic E-state index is 0.0286. The topological polar surface area (TPSA) is 62.1 Å². The van der Waals surface area contributed by atoms with Gasteiger partial charge in [0, 0.05) is 16.3 Å². The number of rotatable bonds is 5. The van der Waals surface area contributed by atoms with Crippen LogP contribution in [0.1, 0.15) is 30.5 Å². The lowest BCUT2D eigenvalue weighted by Gasteiger charge is -2.13. The van der Waals surface area contributed by atoms with E-state index >= 15 is 0 Å². The molecule has 0 bridgehead atoms. The summed E-state index contributed by atoms with van der Waals surface area (Å²) < 4.78 is 5.73. The normalized spacial score (nSPS) is 11.2. The van der Waals surface area contributed by atoms with Crippen LogP contribution in [0.4, 0.5) is 5.69 Å². The van der Waals surface area contributed by atoms with Crippen molar-refractivity contribution in [2.24, 2.45) is 0 Å². The Morgan fingerprint density at radius 3 is 2.54 bits per heavy atom. The van der Waals surface area contributed by atoms with Gasteiger partial charge in [0.2, 0.25) is 0 Å². The maximum atomic E-state index is 12.5. The number of hydrogen-bond acceptors (Lipinski definition) is 3. The monoisotopic (exact) mass is 368 g/mol. The number of benzene rings is 2. The van der Waals surface area contributed by atoms with Crippen molar-refractivity contribution in [3.8, 4) is 11.8 Å². The number of halogens is 1. The molecule has 0 saturated heterocycles. The van der Waals surface area contributed by atoms with E-state index in [0.29, 0.717) is 22.0 Å². The minimum Gasteiger partial charge on any atom is -0.490 e. The third-order valence-corrected chi connectivity index (χ3v) is 4.00. The number of carbonyl (C=O) groups excluding carboxylic acids is 1. The number of aryl methyl sites for hydroxylation is 2. The van der Waals surface area contributed by atoms with Gasteiger partial charge in [0.05, 0.1) is 6.10 Å². The summed E-state index contributed by atoms with van der Waals surface area (Å²) in [5.41, 5.74) is 3.39. The molecule has 0 aromatic heterocycles. The molecule has 0 atom stereocenters. The molecule has 1 N–H and O–H groups in total. The van der Waals surface area contributed by atoms with Crippen LogP contribution in [0.3, 0.4) is 0 Å². The lowest BCUT2D eigenvalue weighted by molar-refractivity contribution is -0.112. The zero-order chi connectivity index (χ0) is 19.3. The number of hydrogen-bond donors (Lipinski definition) is 1. The van der Waals surface area contributed by atoms with E-state index in [0.717, 1.165) is 11.1 Å². The summed E-state index contributed by atoms with van der Waals surface area (Å²) >= 11 is 6.05. The lowest BCUT2D eigenvalue weighted by Crippen LogP contribution is -2.14. The van der Waals surface area contributed by atoms with Crippen molar-refractivity contribution in [1.29, 1.82) is 5.26 Å². The molecule has 0 fully saturated rings. The summed E-state index contributed by atoms with van der Waals surface area (Å²) in [5.74, 6) is 0.0855. The maximum absolute atomic E-state index is 12.5. The Labute approximate surface area is 159 Å². The van der Waals surface area contributed by atoms with Crippen LogP contribution in [-0.4, -0.2) is 12.0 Å². The fourth-order valence-corrected chi connectivity index (χ4v) is 2.50. The molecule has 2 rings (SSSR count). The molecule has 0 spiro atoms. The first-order valence-corrected chi connectivity index (χ1v) is 8.64. The third kappa shape index (κ3) is 5.11. The molecule has 0 aliphatic carbocycles. The van der Waals surface area contributed by atoms with Crippen LogP contribution in [0.5, 0.6) is 5.75 Å². The molecule has 5 heteroatoms. The summed E-state index contributed by atoms with van der Waals surface area (Å²) in [5, 5.41) is 12.7. The van der Waals surface area contributed by atoms with Crippen molar-refractivity contribution in [2.45, 2.75) is 33.8 Å². The Balaban J connectivity index is 2.32. The first-order valence-electron chi connectivity index (χ1n) is 8.26. The molecule has 134 valence electrons. The summed E-state index contributed by atoms with van der Waals surface area (Å²) in [4.78, 5) is 12.5. The molecule has 26 heavy (non-hydrogen) atoms. The number of anilines is 1. The SMILES string of the molecule is Cc1ccc(NC(=O)/C(C#N)=C/c2cc(Cl)ccc2OC(C)C)cc1C. The van der Waals surface area contributed by atoms with Crippen molar-refractivity contribution in [2.75, 3.05) is 5.32 Å². The Morgan fingerprint density at radius 1 is 1.19 bits per heavy atom. The maximum Gasteiger partial charge on any atom is 0.266 e. The molecule has 2 aromatic carbocycles. The quantitative estimate of drug-likeness (QED) is 0.576. The van der Waals surface area contributed by atoms with Crippen LogP contribution in [0.25, 0.3) is 6.08 Å². The largest absolute Gasteiger partial charge is 0.490 e. The second-order valence-corrected chi connectivity index (χ2v) is 6.71. The van der Waals surface area contributed by atoms with E-state index in [9.17, 15) is 10.1 Å². The first kappa shape index (κ1) is 19.6. The fourth-order valence-electron chi connectivity index (χ4n) is 2.32. The Morgan fingerprint density at radius 2 is 1.92 bits per heavy atom. The summed E-state index contributed by atoms with van der Waals surface area (Å²) in [6.07, 6.45) is 1.44. The predicted molar refractivity (Wildman–Crippen MR) is 105 cm³/mol. The average molecular weight is 369 g/mol. The zero-order valence-corrected chi connectivity index (χ0v) is 16.0. The van der Waals surface area contributed by atoms with Crippen molar-refractivity contribution in [3.05, 3.63) is 63.7 Å². The van der Waals surface area contributed by atoms with E-state index in [1.165, 1.54) is 6.08 Å². The number of nitrogens with one attached hydrogen (secondary N) is 1. The van der Waals surface area contributed by atoms with Gasteiger partial charge in [0.25, 0.3) is 5.91 Å². The highest BCUT2D eigenvalue weighted by atomic mass is 35.5. The molecule has 2 aromatic rings. The number of amides is 1. The van der Waals surface area contributed by atoms with Crippen LogP contribution >= 0.6 is 11.6 Å². The van der Waals surface area contributed by atoms with Gasteiger partial charge in [0.1, 0.15) is 17.4 Å². The van der Waals surface area contributed by atoms with Gasteiger partial charge >= 0.3 is 0 Å². The van der Waals surface area contributed by atoms with Gasteiger partial charge in [-0.3, -0.25) is 4.79 Å². The highest BCUT2D eigenvalue weighted by Gasteiger charge is 2.13. The van der Waals surface area contributed by atoms with Gasteiger partial charge in [-0.25, -0.2) is 0 Å². The van der Waals surface area contributed by atoms with Gasteiger partial charge < -0.3 is 10.1 Å². The smallest absolute Gasteiger partial charge is 0.266 e. The summed E-state index contributed by atoms with van der Waals surface area (Å²) in [6.45, 7) is 7.77. The van der Waals surface area contributed by atoms with Gasteiger partial charge in [0.15, 0.2) is 0 Å². The van der Waals surface area contributed by atoms with Crippen molar-refractivity contribution in [3.63, 3.8) is 0 Å². The van der Waals surface area contributed by atoms with E-state index < -0.39 is 5.91 Å². The number of ether oxygens (including phenoxy) is 1. The van der Waals surface area contributed by atoms with E-state index in [2.05, 4.69) is 5.32 Å². The predicted octanol–water partition coefficient (Wildman–Crippen LogP) is 5.29. The van der Waals surface area contributed by atoms with E-state index in [1.807, 2.05) is 52.0 Å². The number of nitriles is 1. The first-order chi connectivity index (χ1) is 12.3. The standard InChI is InChI=1S/C21H21ClN2O2/c1-13(2)26-20-8-6-18(22)11-16(20)10-17(12-23)21(25)24-19-7-5-14(3)15(4)9-19/h5-11,13H,1-4H3,(H,24,25)/b17-10+. The van der Waals surface area contributed by atoms with Crippen LogP contribution in [-0.2, 0) is 4.79 Å². The highest BCUT2D eigenvalue weighted by molar-refractivity contribution is 6.30. The molecule has 0 radical (unpaired) electrons. The Kier molecular flexibility index (Phi) is 6.43. The molecule has 0 aliphatic rings. The Hall–Kier alpha value is -2.77. The van der Waals surface area contributed by atoms with Gasteiger partial charge in [-0.2, -0.15) is 5.26 Å². The summed E-state index contributed by atoms with van der Waals surface area (Å²) in [7, 11) is 0. The molecular weight excluding hydrogens is 348 g/mol. The van der Waals surface area contributed by atoms with Gasteiger partial charge in [-0.05, 0) is 75.2 Å². The molecule has 0 heterocycles. The Bertz CT molecular complexity index is 895. The molecule has 1 amide bonds. The zero-order valence-electron chi connectivity index (χ0n) is 15.3. The van der Waals surface area contributed by atoms with Crippen molar-refractivity contribution >= 4 is 29.3 Å². The second-order valence-electron chi connectivity index (χ2n) is 6.27. The van der Waals surface area contributed by atoms with E-state index in [4.69, 9.17) is 16.3 Å². The highest BCUT2D eigenvalue weighted by Crippen LogP contribution is 2.26. The van der Waals surface area contributed by atoms with Crippen LogP contribution < -0.4 is 10.1 Å². The molecule has 0 saturated carbocycles. The van der Waals surface area contributed by atoms with Gasteiger partial charge in [-0.1, -0.05) is 17.7 Å². The van der Waals surface area contributed by atoms with Crippen molar-refractivity contribution < 1.29 is 9.53 Å². The lowest BCUT2D eigenvalue weighted by atomic mass is 10.1. The van der Waals surface area contributed by atoms with E-state index in [1.54, 1.807) is 18.2 Å².